The summed E-state index contributed by atoms with van der Waals surface area (Å²) in [7, 11) is 1.66. The van der Waals surface area contributed by atoms with Crippen LogP contribution in [0.1, 0.15) is 13.3 Å². The van der Waals surface area contributed by atoms with Crippen molar-refractivity contribution in [1.29, 1.82) is 0 Å². The monoisotopic (exact) mass is 185 g/mol. The van der Waals surface area contributed by atoms with E-state index in [0.29, 0.717) is 5.92 Å². The minimum Gasteiger partial charge on any atom is -0.409 e. The van der Waals surface area contributed by atoms with Crippen LogP contribution >= 0.6 is 0 Å². The van der Waals surface area contributed by atoms with Crippen molar-refractivity contribution in [1.82, 2.24) is 4.90 Å². The highest BCUT2D eigenvalue weighted by atomic mass is 16.4. The third-order valence-electron chi connectivity index (χ3n) is 2.33. The van der Waals surface area contributed by atoms with Gasteiger partial charge in [-0.1, -0.05) is 12.1 Å². The largest absolute Gasteiger partial charge is 0.409 e. The maximum absolute atomic E-state index is 11.5. The number of carbonyl (C=O) groups is 1. The average molecular weight is 185 g/mol. The van der Waals surface area contributed by atoms with Gasteiger partial charge in [-0.25, -0.2) is 0 Å². The van der Waals surface area contributed by atoms with E-state index in [1.807, 2.05) is 6.92 Å². The van der Waals surface area contributed by atoms with Crippen molar-refractivity contribution in [3.8, 4) is 0 Å². The molecule has 5 nitrogen and oxygen atoms in total. The van der Waals surface area contributed by atoms with Crippen LogP contribution in [0.15, 0.2) is 5.16 Å². The van der Waals surface area contributed by atoms with Crippen LogP contribution in [-0.4, -0.2) is 35.4 Å². The molecule has 1 amide bonds. The first-order chi connectivity index (χ1) is 6.06. The van der Waals surface area contributed by atoms with Gasteiger partial charge >= 0.3 is 0 Å². The Labute approximate surface area is 77.2 Å². The van der Waals surface area contributed by atoms with Gasteiger partial charge in [-0.05, 0) is 12.3 Å². The van der Waals surface area contributed by atoms with Crippen molar-refractivity contribution < 1.29 is 10.0 Å². The average Bonchev–Trinajstić information content (AvgIpc) is 2.81. The first kappa shape index (κ1) is 9.83. The predicted octanol–water partition coefficient (Wildman–Crippen LogP) is -0.153. The second kappa shape index (κ2) is 3.64. The molecular weight excluding hydrogens is 170 g/mol. The van der Waals surface area contributed by atoms with Crippen molar-refractivity contribution in [3.63, 3.8) is 0 Å². The Morgan fingerprint density at radius 3 is 2.69 bits per heavy atom. The molecule has 2 atom stereocenters. The molecule has 0 aromatic heterocycles. The van der Waals surface area contributed by atoms with E-state index in [9.17, 15) is 4.79 Å². The van der Waals surface area contributed by atoms with Crippen LogP contribution in [0, 0.1) is 11.8 Å². The normalized spacial score (nSPS) is 27.1. The second-order valence-electron chi connectivity index (χ2n) is 3.61. The summed E-state index contributed by atoms with van der Waals surface area (Å²) in [5.41, 5.74) is 5.27. The first-order valence-corrected chi connectivity index (χ1v) is 4.27. The molecule has 1 saturated carbocycles. The molecule has 1 rings (SSSR count). The number of nitrogens with zero attached hydrogens (tertiary/aromatic N) is 2. The van der Waals surface area contributed by atoms with Crippen molar-refractivity contribution in [2.24, 2.45) is 22.7 Å². The van der Waals surface area contributed by atoms with E-state index in [4.69, 9.17) is 10.9 Å². The molecule has 1 aliphatic rings. The van der Waals surface area contributed by atoms with Gasteiger partial charge in [-0.3, -0.25) is 4.79 Å². The first-order valence-electron chi connectivity index (χ1n) is 4.27. The Balaban J connectivity index is 2.39. The molecule has 74 valence electrons. The molecule has 0 aromatic rings. The summed E-state index contributed by atoms with van der Waals surface area (Å²) in [5, 5.41) is 11.1. The number of rotatable bonds is 3. The Morgan fingerprint density at radius 1 is 1.77 bits per heavy atom. The fourth-order valence-corrected chi connectivity index (χ4v) is 1.30. The highest BCUT2D eigenvalue weighted by Gasteiger charge is 2.40. The molecular formula is C8H15N3O2. The smallest absolute Gasteiger partial charge is 0.226 e. The molecule has 1 fully saturated rings. The second-order valence-corrected chi connectivity index (χ2v) is 3.61. The number of nitrogens with two attached hydrogens (primary N) is 1. The third kappa shape index (κ3) is 2.34. The van der Waals surface area contributed by atoms with Crippen molar-refractivity contribution >= 4 is 11.7 Å². The zero-order valence-electron chi connectivity index (χ0n) is 7.90. The number of amidine groups is 1. The van der Waals surface area contributed by atoms with Crippen LogP contribution in [-0.2, 0) is 4.79 Å². The van der Waals surface area contributed by atoms with E-state index in [-0.39, 0.29) is 24.2 Å². The van der Waals surface area contributed by atoms with E-state index in [2.05, 4.69) is 5.16 Å². The van der Waals surface area contributed by atoms with Crippen molar-refractivity contribution in [2.75, 3.05) is 13.6 Å². The van der Waals surface area contributed by atoms with Gasteiger partial charge in [0.25, 0.3) is 0 Å². The Bertz CT molecular complexity index is 240. The minimum absolute atomic E-state index is 0.0594. The topological polar surface area (TPSA) is 78.9 Å². The molecule has 5 heteroatoms. The zero-order valence-corrected chi connectivity index (χ0v) is 7.90. The molecule has 3 N–H and O–H groups in total. The van der Waals surface area contributed by atoms with Crippen molar-refractivity contribution in [3.05, 3.63) is 0 Å². The van der Waals surface area contributed by atoms with Gasteiger partial charge < -0.3 is 15.8 Å². The number of hydrogen-bond donors (Lipinski definition) is 2. The van der Waals surface area contributed by atoms with Crippen LogP contribution in [0.5, 0.6) is 0 Å². The lowest BCUT2D eigenvalue weighted by Gasteiger charge is -2.15. The van der Waals surface area contributed by atoms with E-state index in [0.717, 1.165) is 6.42 Å². The summed E-state index contributed by atoms with van der Waals surface area (Å²) in [6.07, 6.45) is 0.958. The molecule has 0 bridgehead atoms. The summed E-state index contributed by atoms with van der Waals surface area (Å²) in [6, 6.07) is 0. The van der Waals surface area contributed by atoms with Crippen LogP contribution < -0.4 is 5.73 Å². The fourth-order valence-electron chi connectivity index (χ4n) is 1.30. The predicted molar refractivity (Wildman–Crippen MR) is 48.3 cm³/mol. The van der Waals surface area contributed by atoms with Crippen LogP contribution in [0.3, 0.4) is 0 Å². The van der Waals surface area contributed by atoms with E-state index in [1.54, 1.807) is 7.05 Å². The number of oxime groups is 1. The van der Waals surface area contributed by atoms with Crippen LogP contribution in [0.4, 0.5) is 0 Å². The molecule has 0 saturated heterocycles. The van der Waals surface area contributed by atoms with Gasteiger partial charge in [0, 0.05) is 13.0 Å². The molecule has 0 spiro atoms. The molecule has 2 unspecified atom stereocenters. The number of carbonyl (C=O) groups excluding carboxylic acids is 1. The Hall–Kier alpha value is -1.26. The van der Waals surface area contributed by atoms with E-state index >= 15 is 0 Å². The highest BCUT2D eigenvalue weighted by molar-refractivity contribution is 5.88. The van der Waals surface area contributed by atoms with Crippen LogP contribution in [0.2, 0.25) is 0 Å². The maximum atomic E-state index is 11.5. The van der Waals surface area contributed by atoms with E-state index < -0.39 is 0 Å². The lowest BCUT2D eigenvalue weighted by Crippen LogP contribution is -2.36. The summed E-state index contributed by atoms with van der Waals surface area (Å²) in [5.74, 6) is 0.780. The zero-order chi connectivity index (χ0) is 10.0. The number of hydrogen-bond acceptors (Lipinski definition) is 3. The van der Waals surface area contributed by atoms with Crippen molar-refractivity contribution in [2.45, 2.75) is 13.3 Å². The summed E-state index contributed by atoms with van der Waals surface area (Å²) < 4.78 is 0. The quantitative estimate of drug-likeness (QED) is 0.278. The highest BCUT2D eigenvalue weighted by Crippen LogP contribution is 2.38. The minimum atomic E-state index is 0.0594. The van der Waals surface area contributed by atoms with Crippen LogP contribution in [0.25, 0.3) is 0 Å². The number of amides is 1. The molecule has 0 heterocycles. The van der Waals surface area contributed by atoms with Gasteiger partial charge in [0.15, 0.2) is 5.84 Å². The Kier molecular flexibility index (Phi) is 2.75. The summed E-state index contributed by atoms with van der Waals surface area (Å²) in [6.45, 7) is 2.23. The van der Waals surface area contributed by atoms with Gasteiger partial charge in [0.1, 0.15) is 0 Å². The SMILES string of the molecule is CC1CC1C(=O)N(C)CC(N)=NO. The maximum Gasteiger partial charge on any atom is 0.226 e. The molecule has 1 aliphatic carbocycles. The van der Waals surface area contributed by atoms with E-state index in [1.165, 1.54) is 4.90 Å². The molecule has 0 aliphatic heterocycles. The number of likely N-dealkylation sites (N-methyl/N-ethyl adjacent to an activating group) is 1. The lowest BCUT2D eigenvalue weighted by molar-refractivity contribution is -0.130. The summed E-state index contributed by atoms with van der Waals surface area (Å²) in [4.78, 5) is 13.0. The summed E-state index contributed by atoms with van der Waals surface area (Å²) >= 11 is 0. The fraction of sp³-hybridized carbons (Fsp3) is 0.750. The molecule has 13 heavy (non-hydrogen) atoms. The standard InChI is InChI=1S/C8H15N3O2/c1-5-3-6(5)8(12)11(2)4-7(9)10-13/h5-6,13H,3-4H2,1-2H3,(H2,9,10). The van der Waals surface area contributed by atoms with Gasteiger partial charge in [-0.15, -0.1) is 0 Å². The van der Waals surface area contributed by atoms with Gasteiger partial charge in [-0.2, -0.15) is 0 Å². The van der Waals surface area contributed by atoms with Gasteiger partial charge in [0.2, 0.25) is 5.91 Å². The molecule has 0 radical (unpaired) electrons. The Morgan fingerprint density at radius 2 is 2.31 bits per heavy atom. The third-order valence-corrected chi connectivity index (χ3v) is 2.33. The lowest BCUT2D eigenvalue weighted by atomic mass is 10.3. The van der Waals surface area contributed by atoms with Gasteiger partial charge in [0.05, 0.1) is 6.54 Å². The molecule has 0 aromatic carbocycles.